The van der Waals surface area contributed by atoms with E-state index in [0.29, 0.717) is 16.4 Å². The van der Waals surface area contributed by atoms with Gasteiger partial charge in [0.2, 0.25) is 11.7 Å². The molecule has 4 rings (SSSR count). The van der Waals surface area contributed by atoms with E-state index >= 15 is 0 Å². The predicted molar refractivity (Wildman–Crippen MR) is 126 cm³/mol. The van der Waals surface area contributed by atoms with Gasteiger partial charge in [-0.1, -0.05) is 47.1 Å². The number of hydrogen-bond donors (Lipinski definition) is 1. The molecule has 1 amide bonds. The molecule has 174 valence electrons. The quantitative estimate of drug-likeness (QED) is 0.428. The fourth-order valence-corrected chi connectivity index (χ4v) is 3.82. The summed E-state index contributed by atoms with van der Waals surface area (Å²) in [6.45, 7) is 0. The van der Waals surface area contributed by atoms with Crippen molar-refractivity contribution in [3.05, 3.63) is 93.4 Å². The number of amides is 1. The Balaban J connectivity index is 1.86. The molecule has 0 aliphatic carbocycles. The van der Waals surface area contributed by atoms with Crippen LogP contribution in [0, 0.1) is 0 Å². The number of carbonyl (C=O) groups is 1. The summed E-state index contributed by atoms with van der Waals surface area (Å²) in [7, 11) is 4.60. The highest BCUT2D eigenvalue weighted by atomic mass is 35.5. The van der Waals surface area contributed by atoms with Gasteiger partial charge in [0.05, 0.1) is 24.0 Å². The number of ether oxygens (including phenoxy) is 1. The van der Waals surface area contributed by atoms with Crippen LogP contribution in [-0.4, -0.2) is 39.8 Å². The lowest BCUT2D eigenvalue weighted by Gasteiger charge is -2.31. The van der Waals surface area contributed by atoms with E-state index in [-0.39, 0.29) is 17.4 Å². The molecule has 0 radical (unpaired) electrons. The highest BCUT2D eigenvalue weighted by Crippen LogP contribution is 2.33. The summed E-state index contributed by atoms with van der Waals surface area (Å²) >= 11 is 6.50. The monoisotopic (exact) mass is 480 g/mol. The molecule has 3 aromatic heterocycles. The molecular weight excluding hydrogens is 460 g/mol. The molecule has 34 heavy (non-hydrogen) atoms. The summed E-state index contributed by atoms with van der Waals surface area (Å²) < 4.78 is 11.3. The first-order valence-corrected chi connectivity index (χ1v) is 10.5. The van der Waals surface area contributed by atoms with E-state index in [9.17, 15) is 9.59 Å². The predicted octanol–water partition coefficient (Wildman–Crippen LogP) is 3.30. The van der Waals surface area contributed by atoms with Gasteiger partial charge in [0, 0.05) is 20.3 Å². The molecule has 0 saturated heterocycles. The van der Waals surface area contributed by atoms with Crippen LogP contribution in [0.3, 0.4) is 0 Å². The lowest BCUT2D eigenvalue weighted by Crippen LogP contribution is -2.35. The minimum atomic E-state index is -0.653. The Labute approximate surface area is 199 Å². The number of nitrogens with zero attached hydrogens (tertiary/aromatic N) is 5. The minimum absolute atomic E-state index is 0.187. The Bertz CT molecular complexity index is 1360. The molecule has 0 fully saturated rings. The van der Waals surface area contributed by atoms with Gasteiger partial charge in [0.15, 0.2) is 5.69 Å². The Hall–Kier alpha value is -4.18. The summed E-state index contributed by atoms with van der Waals surface area (Å²) in [5.74, 6) is -0.642. The summed E-state index contributed by atoms with van der Waals surface area (Å²) in [5.41, 5.74) is 1.03. The summed E-state index contributed by atoms with van der Waals surface area (Å²) in [6, 6.07) is 12.5. The van der Waals surface area contributed by atoms with Crippen LogP contribution in [0.1, 0.15) is 27.8 Å². The molecule has 0 spiro atoms. The zero-order valence-electron chi connectivity index (χ0n) is 18.6. The summed E-state index contributed by atoms with van der Waals surface area (Å²) in [4.78, 5) is 36.8. The average Bonchev–Trinajstić information content (AvgIpc) is 3.35. The van der Waals surface area contributed by atoms with Crippen molar-refractivity contribution in [1.82, 2.24) is 19.7 Å². The molecule has 1 N–H and O–H groups in total. The highest BCUT2D eigenvalue weighted by Gasteiger charge is 2.29. The van der Waals surface area contributed by atoms with Crippen LogP contribution < -0.4 is 20.5 Å². The number of rotatable bonds is 7. The smallest absolute Gasteiger partial charge is 0.297 e. The van der Waals surface area contributed by atoms with Gasteiger partial charge in [0.25, 0.3) is 11.5 Å². The van der Waals surface area contributed by atoms with Crippen molar-refractivity contribution in [2.24, 2.45) is 7.05 Å². The van der Waals surface area contributed by atoms with Crippen molar-refractivity contribution >= 4 is 29.1 Å². The lowest BCUT2D eigenvalue weighted by molar-refractivity contribution is 0.101. The van der Waals surface area contributed by atoms with Crippen molar-refractivity contribution in [1.29, 1.82) is 0 Å². The Morgan fingerprint density at radius 2 is 2.00 bits per heavy atom. The highest BCUT2D eigenvalue weighted by molar-refractivity contribution is 6.31. The van der Waals surface area contributed by atoms with E-state index in [2.05, 4.69) is 20.4 Å². The third-order valence-electron chi connectivity index (χ3n) is 5.20. The first-order valence-electron chi connectivity index (χ1n) is 10.2. The molecule has 3 heterocycles. The van der Waals surface area contributed by atoms with E-state index in [1.165, 1.54) is 24.1 Å². The molecule has 4 aromatic rings. The molecule has 1 aromatic carbocycles. The number of aromatic nitrogens is 4. The third-order valence-corrected chi connectivity index (χ3v) is 5.52. The van der Waals surface area contributed by atoms with Gasteiger partial charge in [-0.05, 0) is 17.7 Å². The SMILES string of the molecule is COc1c(C(=O)Nc2cnoc2)nc(N(C)C(c2ccccc2)c2ncccc2Cl)n(C)c1=O. The summed E-state index contributed by atoms with van der Waals surface area (Å²) in [6.07, 6.45) is 4.23. The number of anilines is 2. The van der Waals surface area contributed by atoms with Crippen molar-refractivity contribution in [2.45, 2.75) is 6.04 Å². The number of benzene rings is 1. The topological polar surface area (TPSA) is 115 Å². The van der Waals surface area contributed by atoms with Gasteiger partial charge in [-0.15, -0.1) is 0 Å². The van der Waals surface area contributed by atoms with Gasteiger partial charge in [0.1, 0.15) is 18.0 Å². The maximum atomic E-state index is 13.1. The van der Waals surface area contributed by atoms with Crippen LogP contribution in [0.2, 0.25) is 5.02 Å². The Morgan fingerprint density at radius 3 is 2.65 bits per heavy atom. The van der Waals surface area contributed by atoms with Crippen molar-refractivity contribution in [3.63, 3.8) is 0 Å². The standard InChI is InChI=1S/C23H21ClN6O4/c1-29(19(14-8-5-4-6-9-14)17-16(24)10-7-11-25-17)23-28-18(20(33-3)22(32)30(23)2)21(31)27-15-12-26-34-13-15/h4-13,19H,1-3H3,(H,27,31). The fourth-order valence-electron chi connectivity index (χ4n) is 3.60. The zero-order valence-corrected chi connectivity index (χ0v) is 19.4. The van der Waals surface area contributed by atoms with Crippen molar-refractivity contribution in [3.8, 4) is 5.75 Å². The van der Waals surface area contributed by atoms with E-state index in [1.54, 1.807) is 37.3 Å². The zero-order chi connectivity index (χ0) is 24.2. The summed E-state index contributed by atoms with van der Waals surface area (Å²) in [5, 5.41) is 6.59. The fraction of sp³-hybridized carbons (Fsp3) is 0.174. The molecular formula is C23H21ClN6O4. The first-order chi connectivity index (χ1) is 16.4. The first kappa shape index (κ1) is 23.0. The van der Waals surface area contributed by atoms with Crippen LogP contribution in [0.15, 0.2) is 70.4 Å². The molecule has 0 saturated carbocycles. The Morgan fingerprint density at radius 1 is 1.24 bits per heavy atom. The van der Waals surface area contributed by atoms with Gasteiger partial charge in [-0.2, -0.15) is 0 Å². The van der Waals surface area contributed by atoms with Gasteiger partial charge in [-0.3, -0.25) is 19.1 Å². The van der Waals surface area contributed by atoms with E-state index in [4.69, 9.17) is 20.9 Å². The molecule has 1 atom stereocenters. The second-order valence-corrected chi connectivity index (χ2v) is 7.73. The van der Waals surface area contributed by atoms with Crippen LogP contribution >= 0.6 is 11.6 Å². The lowest BCUT2D eigenvalue weighted by atomic mass is 10.0. The molecule has 11 heteroatoms. The van der Waals surface area contributed by atoms with E-state index in [1.807, 2.05) is 30.3 Å². The molecule has 10 nitrogen and oxygen atoms in total. The van der Waals surface area contributed by atoms with Crippen LogP contribution in [0.5, 0.6) is 5.75 Å². The van der Waals surface area contributed by atoms with Crippen LogP contribution in [0.25, 0.3) is 0 Å². The minimum Gasteiger partial charge on any atom is -0.489 e. The second kappa shape index (κ2) is 9.75. The molecule has 0 bridgehead atoms. The molecule has 0 aliphatic rings. The largest absolute Gasteiger partial charge is 0.489 e. The third kappa shape index (κ3) is 4.35. The van der Waals surface area contributed by atoms with Gasteiger partial charge < -0.3 is 19.5 Å². The number of nitrogens with one attached hydrogen (secondary N) is 1. The van der Waals surface area contributed by atoms with Gasteiger partial charge >= 0.3 is 0 Å². The van der Waals surface area contributed by atoms with Crippen molar-refractivity contribution in [2.75, 3.05) is 24.4 Å². The normalized spacial score (nSPS) is 11.6. The molecule has 1 unspecified atom stereocenters. The number of pyridine rings is 1. The Kier molecular flexibility index (Phi) is 6.60. The number of methoxy groups -OCH3 is 1. The van der Waals surface area contributed by atoms with Crippen molar-refractivity contribution < 1.29 is 14.1 Å². The van der Waals surface area contributed by atoms with E-state index in [0.717, 1.165) is 5.56 Å². The number of carbonyl (C=O) groups excluding carboxylic acids is 1. The average molecular weight is 481 g/mol. The number of halogens is 1. The number of hydrogen-bond acceptors (Lipinski definition) is 8. The van der Waals surface area contributed by atoms with Crippen LogP contribution in [-0.2, 0) is 7.05 Å². The maximum Gasteiger partial charge on any atom is 0.297 e. The van der Waals surface area contributed by atoms with Crippen LogP contribution in [0.4, 0.5) is 11.6 Å². The second-order valence-electron chi connectivity index (χ2n) is 7.32. The van der Waals surface area contributed by atoms with Gasteiger partial charge in [-0.25, -0.2) is 4.98 Å². The molecule has 0 aliphatic heterocycles. The van der Waals surface area contributed by atoms with E-state index < -0.39 is 17.5 Å². The maximum absolute atomic E-state index is 13.1.